The van der Waals surface area contributed by atoms with Crippen LogP contribution in [-0.2, 0) is 0 Å². The van der Waals surface area contributed by atoms with Gasteiger partial charge in [-0.05, 0) is 12.8 Å². The molecule has 0 rings (SSSR count). The van der Waals surface area contributed by atoms with Crippen molar-refractivity contribution in [2.45, 2.75) is 53.1 Å². The Labute approximate surface area is 65.2 Å². The Morgan fingerprint density at radius 1 is 1.10 bits per heavy atom. The lowest BCUT2D eigenvalue weighted by Crippen LogP contribution is -2.36. The summed E-state index contributed by atoms with van der Waals surface area (Å²) in [4.78, 5) is 0. The predicted molar refractivity (Wildman–Crippen MR) is 47.2 cm³/mol. The van der Waals surface area contributed by atoms with Crippen molar-refractivity contribution in [1.29, 1.82) is 0 Å². The smallest absolute Gasteiger partial charge is 0.00666 e. The third-order valence-electron chi connectivity index (χ3n) is 2.09. The van der Waals surface area contributed by atoms with E-state index in [1.807, 2.05) is 0 Å². The topological polar surface area (TPSA) is 12.0 Å². The van der Waals surface area contributed by atoms with Crippen LogP contribution in [0.25, 0.3) is 0 Å². The van der Waals surface area contributed by atoms with Gasteiger partial charge in [0.05, 0.1) is 0 Å². The second-order valence-electron chi connectivity index (χ2n) is 3.50. The highest BCUT2D eigenvalue weighted by molar-refractivity contribution is 4.68. The van der Waals surface area contributed by atoms with Crippen LogP contribution < -0.4 is 5.32 Å². The molecule has 0 bridgehead atoms. The molecule has 1 nitrogen and oxygen atoms in total. The third kappa shape index (κ3) is 3.89. The number of rotatable bonds is 4. The van der Waals surface area contributed by atoms with Crippen molar-refractivity contribution in [3.8, 4) is 0 Å². The second kappa shape index (κ2) is 4.73. The fraction of sp³-hybridized carbons (Fsp3) is 1.00. The van der Waals surface area contributed by atoms with E-state index in [0.717, 1.165) is 5.92 Å². The molecule has 2 atom stereocenters. The van der Waals surface area contributed by atoms with Crippen LogP contribution in [0, 0.1) is 5.92 Å². The molecule has 0 aromatic rings. The maximum absolute atomic E-state index is 3.49. The van der Waals surface area contributed by atoms with Crippen LogP contribution in [0.4, 0.5) is 0 Å². The van der Waals surface area contributed by atoms with Crippen molar-refractivity contribution in [2.75, 3.05) is 0 Å². The molecule has 10 heavy (non-hydrogen) atoms. The Morgan fingerprint density at radius 3 is 1.90 bits per heavy atom. The Morgan fingerprint density at radius 2 is 1.60 bits per heavy atom. The molecule has 0 radical (unpaired) electrons. The summed E-state index contributed by atoms with van der Waals surface area (Å²) >= 11 is 0. The van der Waals surface area contributed by atoms with Gasteiger partial charge in [0.1, 0.15) is 0 Å². The normalized spacial score (nSPS) is 17.4. The number of hydrogen-bond donors (Lipinski definition) is 1. The lowest BCUT2D eigenvalue weighted by atomic mass is 10.0. The first-order chi connectivity index (χ1) is 4.57. The molecule has 1 unspecified atom stereocenters. The first-order valence-corrected chi connectivity index (χ1v) is 4.34. The van der Waals surface area contributed by atoms with Gasteiger partial charge in [-0.25, -0.2) is 0 Å². The highest BCUT2D eigenvalue weighted by Gasteiger charge is 2.09. The Bertz CT molecular complexity index is 78.8. The molecule has 0 spiro atoms. The van der Waals surface area contributed by atoms with E-state index in [4.69, 9.17) is 0 Å². The van der Waals surface area contributed by atoms with Gasteiger partial charge in [0.15, 0.2) is 0 Å². The van der Waals surface area contributed by atoms with Crippen LogP contribution in [0.2, 0.25) is 0 Å². The minimum absolute atomic E-state index is 0.615. The largest absolute Gasteiger partial charge is 0.312 e. The van der Waals surface area contributed by atoms with Gasteiger partial charge >= 0.3 is 0 Å². The molecule has 62 valence electrons. The van der Waals surface area contributed by atoms with Crippen molar-refractivity contribution in [2.24, 2.45) is 5.92 Å². The standard InChI is InChI=1S/C9H21N/c1-6-8(4)9(5)10-7(2)3/h7-10H,6H2,1-5H3/t8-,9?/m1/s1. The van der Waals surface area contributed by atoms with E-state index in [9.17, 15) is 0 Å². The van der Waals surface area contributed by atoms with Crippen LogP contribution in [0.15, 0.2) is 0 Å². The Balaban J connectivity index is 3.50. The fourth-order valence-corrected chi connectivity index (χ4v) is 1.04. The van der Waals surface area contributed by atoms with E-state index in [0.29, 0.717) is 12.1 Å². The predicted octanol–water partition coefficient (Wildman–Crippen LogP) is 2.42. The van der Waals surface area contributed by atoms with Crippen LogP contribution in [0.3, 0.4) is 0 Å². The van der Waals surface area contributed by atoms with E-state index in [1.54, 1.807) is 0 Å². The molecule has 0 aromatic carbocycles. The van der Waals surface area contributed by atoms with Gasteiger partial charge in [-0.1, -0.05) is 34.1 Å². The van der Waals surface area contributed by atoms with Crippen molar-refractivity contribution < 1.29 is 0 Å². The van der Waals surface area contributed by atoms with Gasteiger partial charge in [0.25, 0.3) is 0 Å². The molecule has 0 saturated heterocycles. The zero-order valence-corrected chi connectivity index (χ0v) is 7.94. The molecule has 0 amide bonds. The number of hydrogen-bond acceptors (Lipinski definition) is 1. The van der Waals surface area contributed by atoms with E-state index in [1.165, 1.54) is 6.42 Å². The van der Waals surface area contributed by atoms with E-state index in [-0.39, 0.29) is 0 Å². The van der Waals surface area contributed by atoms with E-state index < -0.39 is 0 Å². The van der Waals surface area contributed by atoms with E-state index in [2.05, 4.69) is 39.9 Å². The van der Waals surface area contributed by atoms with Gasteiger partial charge in [-0.3, -0.25) is 0 Å². The van der Waals surface area contributed by atoms with Gasteiger partial charge in [0.2, 0.25) is 0 Å². The molecule has 0 aromatic heterocycles. The Kier molecular flexibility index (Phi) is 4.71. The highest BCUT2D eigenvalue weighted by Crippen LogP contribution is 2.06. The van der Waals surface area contributed by atoms with Crippen molar-refractivity contribution >= 4 is 0 Å². The summed E-state index contributed by atoms with van der Waals surface area (Å²) < 4.78 is 0. The van der Waals surface area contributed by atoms with Gasteiger partial charge in [-0.2, -0.15) is 0 Å². The van der Waals surface area contributed by atoms with Crippen LogP contribution in [-0.4, -0.2) is 12.1 Å². The maximum atomic E-state index is 3.49. The van der Waals surface area contributed by atoms with Crippen LogP contribution in [0.5, 0.6) is 0 Å². The molecule has 0 heterocycles. The average Bonchev–Trinajstić information content (AvgIpc) is 1.85. The van der Waals surface area contributed by atoms with E-state index >= 15 is 0 Å². The molecule has 0 aliphatic carbocycles. The molecule has 0 aliphatic heterocycles. The van der Waals surface area contributed by atoms with Crippen LogP contribution in [0.1, 0.15) is 41.0 Å². The molecular formula is C9H21N. The summed E-state index contributed by atoms with van der Waals surface area (Å²) in [6.45, 7) is 11.2. The molecular weight excluding hydrogens is 122 g/mol. The van der Waals surface area contributed by atoms with Crippen molar-refractivity contribution in [1.82, 2.24) is 5.32 Å². The van der Waals surface area contributed by atoms with Gasteiger partial charge in [-0.15, -0.1) is 0 Å². The van der Waals surface area contributed by atoms with Crippen molar-refractivity contribution in [3.63, 3.8) is 0 Å². The quantitative estimate of drug-likeness (QED) is 0.637. The lowest BCUT2D eigenvalue weighted by Gasteiger charge is -2.22. The first kappa shape index (κ1) is 9.96. The first-order valence-electron chi connectivity index (χ1n) is 4.34. The number of nitrogens with one attached hydrogen (secondary N) is 1. The SMILES string of the molecule is CC[C@@H](C)C(C)NC(C)C. The summed E-state index contributed by atoms with van der Waals surface area (Å²) in [6, 6.07) is 1.27. The molecule has 0 aliphatic rings. The summed E-state index contributed by atoms with van der Waals surface area (Å²) in [5.74, 6) is 0.794. The summed E-state index contributed by atoms with van der Waals surface area (Å²) in [5.41, 5.74) is 0. The highest BCUT2D eigenvalue weighted by atomic mass is 14.9. The average molecular weight is 143 g/mol. The molecule has 1 heteroatoms. The van der Waals surface area contributed by atoms with Crippen LogP contribution >= 0.6 is 0 Å². The summed E-state index contributed by atoms with van der Waals surface area (Å²) in [7, 11) is 0. The van der Waals surface area contributed by atoms with Gasteiger partial charge < -0.3 is 5.32 Å². The monoisotopic (exact) mass is 143 g/mol. The summed E-state index contributed by atoms with van der Waals surface area (Å²) in [5, 5.41) is 3.49. The van der Waals surface area contributed by atoms with Gasteiger partial charge in [0, 0.05) is 12.1 Å². The Hall–Kier alpha value is -0.0400. The third-order valence-corrected chi connectivity index (χ3v) is 2.09. The fourth-order valence-electron chi connectivity index (χ4n) is 1.04. The second-order valence-corrected chi connectivity index (χ2v) is 3.50. The molecule has 0 saturated carbocycles. The minimum atomic E-state index is 0.615. The molecule has 1 N–H and O–H groups in total. The lowest BCUT2D eigenvalue weighted by molar-refractivity contribution is 0.366. The van der Waals surface area contributed by atoms with Crippen molar-refractivity contribution in [3.05, 3.63) is 0 Å². The molecule has 0 fully saturated rings. The minimum Gasteiger partial charge on any atom is -0.312 e. The maximum Gasteiger partial charge on any atom is 0.00666 e. The zero-order chi connectivity index (χ0) is 8.15. The summed E-state index contributed by atoms with van der Waals surface area (Å²) in [6.07, 6.45) is 1.26. The zero-order valence-electron chi connectivity index (χ0n) is 7.94.